The molecule has 23 heavy (non-hydrogen) atoms. The van der Waals surface area contributed by atoms with E-state index in [0.717, 1.165) is 28.8 Å². The molecule has 0 saturated carbocycles. The van der Waals surface area contributed by atoms with Gasteiger partial charge in [0.05, 0.1) is 33.8 Å². The van der Waals surface area contributed by atoms with E-state index < -0.39 is 0 Å². The van der Waals surface area contributed by atoms with Crippen LogP contribution in [0.3, 0.4) is 0 Å². The minimum atomic E-state index is -0.159. The molecule has 126 valence electrons. The summed E-state index contributed by atoms with van der Waals surface area (Å²) in [5.41, 5.74) is 2.09. The molecule has 0 aromatic carbocycles. The average molecular weight is 403 g/mol. The van der Waals surface area contributed by atoms with Gasteiger partial charge in [-0.05, 0) is 36.2 Å². The Bertz CT molecular complexity index is 681. The first kappa shape index (κ1) is 18.0. The Morgan fingerprint density at radius 3 is 2.78 bits per heavy atom. The fourth-order valence-electron chi connectivity index (χ4n) is 2.31. The van der Waals surface area contributed by atoms with Crippen LogP contribution in [0.1, 0.15) is 24.7 Å². The maximum atomic E-state index is 12.1. The lowest BCUT2D eigenvalue weighted by atomic mass is 10.1. The largest absolute Gasteiger partial charge is 0.356 e. The van der Waals surface area contributed by atoms with Gasteiger partial charge in [0.2, 0.25) is 5.91 Å². The van der Waals surface area contributed by atoms with Crippen LogP contribution < -0.4 is 5.32 Å². The molecule has 0 radical (unpaired) electrons. The number of nitrogens with zero attached hydrogens (tertiary/aromatic N) is 4. The summed E-state index contributed by atoms with van der Waals surface area (Å²) >= 11 is 9.33. The molecule has 2 aromatic heterocycles. The number of hydrogen-bond acceptors (Lipinski definition) is 3. The molecule has 0 saturated heterocycles. The van der Waals surface area contributed by atoms with Crippen molar-refractivity contribution in [3.63, 3.8) is 0 Å². The van der Waals surface area contributed by atoms with Crippen molar-refractivity contribution >= 4 is 33.4 Å². The van der Waals surface area contributed by atoms with E-state index in [4.69, 9.17) is 11.6 Å². The Balaban J connectivity index is 1.72. The number of amides is 1. The van der Waals surface area contributed by atoms with E-state index in [-0.39, 0.29) is 11.8 Å². The molecule has 8 heteroatoms. The Hall–Kier alpha value is -1.34. The van der Waals surface area contributed by atoms with Crippen LogP contribution in [-0.4, -0.2) is 32.0 Å². The number of carbonyl (C=O) groups is 1. The van der Waals surface area contributed by atoms with Crippen LogP contribution in [0.5, 0.6) is 0 Å². The second-order valence-corrected chi connectivity index (χ2v) is 6.86. The third kappa shape index (κ3) is 4.81. The number of nitrogens with one attached hydrogen (secondary N) is 1. The van der Waals surface area contributed by atoms with Gasteiger partial charge in [0.25, 0.3) is 0 Å². The van der Waals surface area contributed by atoms with Crippen LogP contribution in [0.25, 0.3) is 0 Å². The molecule has 0 aliphatic heterocycles. The third-order valence-corrected chi connectivity index (χ3v) is 4.99. The van der Waals surface area contributed by atoms with Crippen LogP contribution in [-0.2, 0) is 17.9 Å². The molecule has 0 bridgehead atoms. The van der Waals surface area contributed by atoms with E-state index in [1.807, 2.05) is 25.5 Å². The molecular weight excluding hydrogens is 382 g/mol. The molecule has 1 atom stereocenters. The average Bonchev–Trinajstić information content (AvgIpc) is 3.02. The van der Waals surface area contributed by atoms with Gasteiger partial charge < -0.3 is 5.32 Å². The number of carbonyl (C=O) groups excluding carboxylic acids is 1. The Labute approximate surface area is 149 Å². The Morgan fingerprint density at radius 1 is 1.48 bits per heavy atom. The van der Waals surface area contributed by atoms with E-state index in [2.05, 4.69) is 31.4 Å². The smallest absolute Gasteiger partial charge is 0.224 e. The van der Waals surface area contributed by atoms with Crippen molar-refractivity contribution in [1.82, 2.24) is 24.9 Å². The molecule has 0 aliphatic rings. The van der Waals surface area contributed by atoms with E-state index >= 15 is 0 Å². The third-order valence-electron chi connectivity index (χ3n) is 3.65. The zero-order valence-electron chi connectivity index (χ0n) is 13.5. The number of aromatic nitrogens is 4. The molecular formula is C15H21BrClN5O. The van der Waals surface area contributed by atoms with Gasteiger partial charge in [-0.2, -0.15) is 10.2 Å². The van der Waals surface area contributed by atoms with Crippen molar-refractivity contribution in [1.29, 1.82) is 0 Å². The Morgan fingerprint density at radius 2 is 2.22 bits per heavy atom. The second kappa shape index (κ2) is 7.97. The molecule has 1 amide bonds. The lowest BCUT2D eigenvalue weighted by Crippen LogP contribution is -2.32. The first-order valence-electron chi connectivity index (χ1n) is 7.53. The van der Waals surface area contributed by atoms with E-state index in [0.29, 0.717) is 18.1 Å². The number of hydrogen-bond donors (Lipinski definition) is 1. The monoisotopic (exact) mass is 401 g/mol. The second-order valence-electron chi connectivity index (χ2n) is 5.63. The fraction of sp³-hybridized carbons (Fsp3) is 0.533. The van der Waals surface area contributed by atoms with Crippen LogP contribution in [0.2, 0.25) is 5.02 Å². The maximum absolute atomic E-state index is 12.1. The van der Waals surface area contributed by atoms with Crippen molar-refractivity contribution in [3.05, 3.63) is 33.3 Å². The van der Waals surface area contributed by atoms with Crippen molar-refractivity contribution in [3.8, 4) is 0 Å². The van der Waals surface area contributed by atoms with Crippen LogP contribution in [0.15, 0.2) is 16.9 Å². The normalized spacial score (nSPS) is 12.4. The summed E-state index contributed by atoms with van der Waals surface area (Å²) in [6.07, 6.45) is 4.12. The highest BCUT2D eigenvalue weighted by Crippen LogP contribution is 2.19. The summed E-state index contributed by atoms with van der Waals surface area (Å²) in [4.78, 5) is 12.1. The van der Waals surface area contributed by atoms with Gasteiger partial charge in [-0.3, -0.25) is 14.2 Å². The number of aryl methyl sites for hydroxylation is 2. The SMILES string of the molecule is Cc1nn(CCCNC(=O)C(C)Cn2cc(Cl)cn2)c(C)c1Br. The molecule has 6 nitrogen and oxygen atoms in total. The zero-order valence-corrected chi connectivity index (χ0v) is 15.9. The highest BCUT2D eigenvalue weighted by atomic mass is 79.9. The zero-order chi connectivity index (χ0) is 17.0. The summed E-state index contributed by atoms with van der Waals surface area (Å²) in [6.45, 7) is 7.80. The predicted molar refractivity (Wildman–Crippen MR) is 93.4 cm³/mol. The first-order chi connectivity index (χ1) is 10.9. The highest BCUT2D eigenvalue weighted by molar-refractivity contribution is 9.10. The van der Waals surface area contributed by atoms with Gasteiger partial charge in [0.15, 0.2) is 0 Å². The quantitative estimate of drug-likeness (QED) is 0.724. The fourth-order valence-corrected chi connectivity index (χ4v) is 2.75. The molecule has 1 N–H and O–H groups in total. The molecule has 2 aromatic rings. The van der Waals surface area contributed by atoms with Crippen molar-refractivity contribution in [2.75, 3.05) is 6.54 Å². The molecule has 2 heterocycles. The summed E-state index contributed by atoms with van der Waals surface area (Å²) in [5.74, 6) is -0.139. The van der Waals surface area contributed by atoms with Crippen LogP contribution >= 0.6 is 27.5 Å². The minimum absolute atomic E-state index is 0.0196. The van der Waals surface area contributed by atoms with Crippen molar-refractivity contribution in [2.45, 2.75) is 40.3 Å². The standard InChI is InChI=1S/C15H21BrClN5O/c1-10(8-21-9-13(17)7-19-21)15(23)18-5-4-6-22-12(3)14(16)11(2)20-22/h7,9-10H,4-6,8H2,1-3H3,(H,18,23). The molecule has 2 rings (SSSR count). The van der Waals surface area contributed by atoms with Gasteiger partial charge in [0.1, 0.15) is 0 Å². The number of halogens is 2. The molecule has 1 unspecified atom stereocenters. The van der Waals surface area contributed by atoms with Gasteiger partial charge >= 0.3 is 0 Å². The lowest BCUT2D eigenvalue weighted by Gasteiger charge is -2.12. The van der Waals surface area contributed by atoms with E-state index in [9.17, 15) is 4.79 Å². The minimum Gasteiger partial charge on any atom is -0.356 e. The number of rotatable bonds is 7. The summed E-state index contributed by atoms with van der Waals surface area (Å²) in [5, 5.41) is 12.1. The maximum Gasteiger partial charge on any atom is 0.224 e. The predicted octanol–water partition coefficient (Wildman–Crippen LogP) is 2.95. The van der Waals surface area contributed by atoms with Gasteiger partial charge in [0, 0.05) is 25.0 Å². The van der Waals surface area contributed by atoms with Crippen LogP contribution in [0.4, 0.5) is 0 Å². The topological polar surface area (TPSA) is 64.7 Å². The molecule has 0 aliphatic carbocycles. The summed E-state index contributed by atoms with van der Waals surface area (Å²) in [7, 11) is 0. The summed E-state index contributed by atoms with van der Waals surface area (Å²) < 4.78 is 4.69. The highest BCUT2D eigenvalue weighted by Gasteiger charge is 2.14. The van der Waals surface area contributed by atoms with Crippen LogP contribution in [0, 0.1) is 19.8 Å². The van der Waals surface area contributed by atoms with E-state index in [1.165, 1.54) is 0 Å². The first-order valence-corrected chi connectivity index (χ1v) is 8.70. The molecule has 0 spiro atoms. The van der Waals surface area contributed by atoms with Gasteiger partial charge in [-0.25, -0.2) is 0 Å². The van der Waals surface area contributed by atoms with E-state index in [1.54, 1.807) is 17.1 Å². The van der Waals surface area contributed by atoms with Gasteiger partial charge in [-0.1, -0.05) is 18.5 Å². The van der Waals surface area contributed by atoms with Crippen molar-refractivity contribution in [2.24, 2.45) is 5.92 Å². The van der Waals surface area contributed by atoms with Gasteiger partial charge in [-0.15, -0.1) is 0 Å². The Kier molecular flexibility index (Phi) is 6.24. The lowest BCUT2D eigenvalue weighted by molar-refractivity contribution is -0.124. The molecule has 0 fully saturated rings. The summed E-state index contributed by atoms with van der Waals surface area (Å²) in [6, 6.07) is 0. The van der Waals surface area contributed by atoms with Crippen molar-refractivity contribution < 1.29 is 4.79 Å².